The number of thiazole rings is 1. The molecule has 1 aromatic heterocycles. The van der Waals surface area contributed by atoms with Crippen LogP contribution in [0.1, 0.15) is 12.8 Å². The number of rotatable bonds is 6. The third-order valence-electron chi connectivity index (χ3n) is 1.52. The van der Waals surface area contributed by atoms with E-state index in [4.69, 9.17) is 11.6 Å². The minimum atomic E-state index is -3.28. The van der Waals surface area contributed by atoms with Gasteiger partial charge in [-0.2, -0.15) is 0 Å². The predicted molar refractivity (Wildman–Crippen MR) is 67.2 cm³/mol. The lowest BCUT2D eigenvalue weighted by molar-refractivity contribution is 0.598. The average Bonchev–Trinajstić information content (AvgIpc) is 2.50. The van der Waals surface area contributed by atoms with Gasteiger partial charge in [-0.15, -0.1) is 11.6 Å². The lowest BCUT2D eigenvalue weighted by Gasteiger charge is -2.03. The maximum absolute atomic E-state index is 11.5. The lowest BCUT2D eigenvalue weighted by Crippen LogP contribution is -2.16. The van der Waals surface area contributed by atoms with Crippen molar-refractivity contribution in [2.75, 3.05) is 16.4 Å². The molecule has 0 amide bonds. The van der Waals surface area contributed by atoms with Gasteiger partial charge in [-0.05, 0) is 28.8 Å². The van der Waals surface area contributed by atoms with Gasteiger partial charge in [0.25, 0.3) is 0 Å². The van der Waals surface area contributed by atoms with Crippen molar-refractivity contribution in [2.24, 2.45) is 0 Å². The number of halogens is 2. The number of unbranched alkanes of at least 4 members (excludes halogenated alkanes) is 1. The Hall–Kier alpha value is 0.150. The first-order valence-electron chi connectivity index (χ1n) is 4.21. The molecule has 0 spiro atoms. The first-order valence-corrected chi connectivity index (χ1v) is 8.01. The van der Waals surface area contributed by atoms with E-state index in [1.54, 1.807) is 6.20 Å². The summed E-state index contributed by atoms with van der Waals surface area (Å²) in [5.41, 5.74) is 0. The van der Waals surface area contributed by atoms with Crippen molar-refractivity contribution in [3.05, 3.63) is 9.98 Å². The maximum atomic E-state index is 11.5. The Labute approximate surface area is 106 Å². The second kappa shape index (κ2) is 6.03. The average molecular weight is 334 g/mol. The smallest absolute Gasteiger partial charge is 0.234 e. The van der Waals surface area contributed by atoms with Crippen molar-refractivity contribution in [1.29, 1.82) is 0 Å². The summed E-state index contributed by atoms with van der Waals surface area (Å²) in [4.78, 5) is 3.88. The number of anilines is 1. The second-order valence-corrected chi connectivity index (χ2v) is 7.42. The molecule has 86 valence electrons. The van der Waals surface area contributed by atoms with Crippen molar-refractivity contribution in [3.8, 4) is 0 Å². The maximum Gasteiger partial charge on any atom is 0.234 e. The standard InChI is InChI=1S/C7H10BrClN2O2S2/c8-6-5-10-7(14-6)11-15(12,13)4-2-1-3-9/h5H,1-4H2,(H,10,11). The highest BCUT2D eigenvalue weighted by atomic mass is 79.9. The molecule has 0 aliphatic carbocycles. The number of aromatic nitrogens is 1. The Morgan fingerprint density at radius 3 is 2.80 bits per heavy atom. The lowest BCUT2D eigenvalue weighted by atomic mass is 10.4. The number of hydrogen-bond donors (Lipinski definition) is 1. The van der Waals surface area contributed by atoms with E-state index in [9.17, 15) is 8.42 Å². The van der Waals surface area contributed by atoms with Gasteiger partial charge in [-0.1, -0.05) is 11.3 Å². The minimum absolute atomic E-state index is 0.0803. The van der Waals surface area contributed by atoms with Gasteiger partial charge >= 0.3 is 0 Å². The molecule has 0 bridgehead atoms. The van der Waals surface area contributed by atoms with Crippen LogP contribution in [0.5, 0.6) is 0 Å². The largest absolute Gasteiger partial charge is 0.259 e. The molecule has 0 unspecified atom stereocenters. The molecule has 0 radical (unpaired) electrons. The van der Waals surface area contributed by atoms with Crippen molar-refractivity contribution in [3.63, 3.8) is 0 Å². The molecule has 0 aliphatic rings. The van der Waals surface area contributed by atoms with E-state index in [1.165, 1.54) is 11.3 Å². The SMILES string of the molecule is O=S(=O)(CCCCCl)Nc1ncc(Br)s1. The van der Waals surface area contributed by atoms with Crippen LogP contribution < -0.4 is 4.72 Å². The summed E-state index contributed by atoms with van der Waals surface area (Å²) in [7, 11) is -3.28. The molecule has 0 saturated heterocycles. The van der Waals surface area contributed by atoms with Gasteiger partial charge in [0.1, 0.15) is 0 Å². The van der Waals surface area contributed by atoms with Gasteiger partial charge in [0.05, 0.1) is 15.7 Å². The number of hydrogen-bond acceptors (Lipinski definition) is 4. The molecular weight excluding hydrogens is 324 g/mol. The van der Waals surface area contributed by atoms with E-state index in [-0.39, 0.29) is 5.75 Å². The molecule has 8 heteroatoms. The fourth-order valence-electron chi connectivity index (χ4n) is 0.872. The van der Waals surface area contributed by atoms with Crippen LogP contribution in [0.15, 0.2) is 9.98 Å². The van der Waals surface area contributed by atoms with E-state index in [0.29, 0.717) is 23.9 Å². The summed E-state index contributed by atoms with van der Waals surface area (Å²) >= 11 is 9.91. The Kier molecular flexibility index (Phi) is 5.31. The van der Waals surface area contributed by atoms with Crippen LogP contribution in [0, 0.1) is 0 Å². The molecular formula is C7H10BrClN2O2S2. The summed E-state index contributed by atoms with van der Waals surface area (Å²) in [5.74, 6) is 0.565. The van der Waals surface area contributed by atoms with Crippen molar-refractivity contribution in [1.82, 2.24) is 4.98 Å². The van der Waals surface area contributed by atoms with Crippen molar-refractivity contribution >= 4 is 54.0 Å². The van der Waals surface area contributed by atoms with E-state index in [0.717, 1.165) is 3.79 Å². The predicted octanol–water partition coefficient (Wildman–Crippen LogP) is 2.67. The quantitative estimate of drug-likeness (QED) is 0.643. The molecule has 0 saturated carbocycles. The highest BCUT2D eigenvalue weighted by Crippen LogP contribution is 2.24. The summed E-state index contributed by atoms with van der Waals surface area (Å²) in [6.45, 7) is 0. The molecule has 1 N–H and O–H groups in total. The zero-order valence-corrected chi connectivity index (χ0v) is 11.7. The Balaban J connectivity index is 2.49. The zero-order valence-electron chi connectivity index (χ0n) is 7.74. The van der Waals surface area contributed by atoms with Crippen molar-refractivity contribution in [2.45, 2.75) is 12.8 Å². The second-order valence-electron chi connectivity index (χ2n) is 2.79. The van der Waals surface area contributed by atoms with E-state index in [2.05, 4.69) is 25.6 Å². The number of sulfonamides is 1. The van der Waals surface area contributed by atoms with Crippen molar-refractivity contribution < 1.29 is 8.42 Å². The van der Waals surface area contributed by atoms with Crippen LogP contribution in [0.2, 0.25) is 0 Å². The summed E-state index contributed by atoms with van der Waals surface area (Å²) < 4.78 is 26.2. The molecule has 1 aromatic rings. The van der Waals surface area contributed by atoms with Gasteiger partial charge in [0, 0.05) is 5.88 Å². The van der Waals surface area contributed by atoms with Gasteiger partial charge < -0.3 is 0 Å². The van der Waals surface area contributed by atoms with Crippen LogP contribution in [-0.4, -0.2) is 25.0 Å². The normalized spacial score (nSPS) is 11.6. The van der Waals surface area contributed by atoms with Crippen LogP contribution >= 0.6 is 38.9 Å². The van der Waals surface area contributed by atoms with E-state index in [1.807, 2.05) is 0 Å². The molecule has 1 heterocycles. The van der Waals surface area contributed by atoms with Gasteiger partial charge in [-0.25, -0.2) is 13.4 Å². The van der Waals surface area contributed by atoms with Crippen LogP contribution in [-0.2, 0) is 10.0 Å². The summed E-state index contributed by atoms with van der Waals surface area (Å²) in [6.07, 6.45) is 2.82. The van der Waals surface area contributed by atoms with E-state index < -0.39 is 10.0 Å². The van der Waals surface area contributed by atoms with Gasteiger partial charge in [0.15, 0.2) is 5.13 Å². The number of nitrogens with one attached hydrogen (secondary N) is 1. The fourth-order valence-corrected chi connectivity index (χ4v) is 3.57. The summed E-state index contributed by atoms with van der Waals surface area (Å²) in [5, 5.41) is 0.382. The van der Waals surface area contributed by atoms with Crippen LogP contribution in [0.25, 0.3) is 0 Å². The first-order chi connectivity index (χ1) is 7.03. The molecule has 0 aromatic carbocycles. The third-order valence-corrected chi connectivity index (χ3v) is 4.64. The number of alkyl halides is 1. The van der Waals surface area contributed by atoms with Crippen LogP contribution in [0.4, 0.5) is 5.13 Å². The number of nitrogens with zero attached hydrogens (tertiary/aromatic N) is 1. The monoisotopic (exact) mass is 332 g/mol. The van der Waals surface area contributed by atoms with Gasteiger partial charge in [0.2, 0.25) is 10.0 Å². The first kappa shape index (κ1) is 13.2. The van der Waals surface area contributed by atoms with E-state index >= 15 is 0 Å². The Morgan fingerprint density at radius 1 is 1.53 bits per heavy atom. The molecule has 1 rings (SSSR count). The van der Waals surface area contributed by atoms with Crippen LogP contribution in [0.3, 0.4) is 0 Å². The zero-order chi connectivity index (χ0) is 11.3. The summed E-state index contributed by atoms with van der Waals surface area (Å²) in [6, 6.07) is 0. The molecule has 0 fully saturated rings. The molecule has 0 aliphatic heterocycles. The fraction of sp³-hybridized carbons (Fsp3) is 0.571. The molecule has 15 heavy (non-hydrogen) atoms. The molecule has 0 atom stereocenters. The highest BCUT2D eigenvalue weighted by molar-refractivity contribution is 9.11. The third kappa shape index (κ3) is 5.14. The molecule has 4 nitrogen and oxygen atoms in total. The minimum Gasteiger partial charge on any atom is -0.259 e. The Morgan fingerprint density at radius 2 is 2.27 bits per heavy atom. The highest BCUT2D eigenvalue weighted by Gasteiger charge is 2.11. The topological polar surface area (TPSA) is 59.1 Å². The van der Waals surface area contributed by atoms with Gasteiger partial charge in [-0.3, -0.25) is 4.72 Å². The Bertz CT molecular complexity index is 407.